The second-order valence-corrected chi connectivity index (χ2v) is 8.30. The third-order valence-electron chi connectivity index (χ3n) is 6.10. The molecule has 0 unspecified atom stereocenters. The molecule has 6 nitrogen and oxygen atoms in total. The zero-order chi connectivity index (χ0) is 19.5. The van der Waals surface area contributed by atoms with Crippen molar-refractivity contribution >= 4 is 5.91 Å². The quantitative estimate of drug-likeness (QED) is 0.797. The maximum absolute atomic E-state index is 13.0. The Morgan fingerprint density at radius 3 is 2.68 bits per heavy atom. The Balaban J connectivity index is 1.34. The van der Waals surface area contributed by atoms with Crippen molar-refractivity contribution in [3.8, 4) is 0 Å². The Morgan fingerprint density at radius 2 is 2.04 bits per heavy atom. The number of likely N-dealkylation sites (tertiary alicyclic amines) is 1. The highest BCUT2D eigenvalue weighted by Gasteiger charge is 2.34. The van der Waals surface area contributed by atoms with Gasteiger partial charge >= 0.3 is 0 Å². The number of piperidine rings is 1. The van der Waals surface area contributed by atoms with Crippen molar-refractivity contribution in [3.05, 3.63) is 47.5 Å². The van der Waals surface area contributed by atoms with Gasteiger partial charge in [-0.15, -0.1) is 0 Å². The average molecular weight is 382 g/mol. The molecule has 150 valence electrons. The van der Waals surface area contributed by atoms with Crippen LogP contribution in [0.25, 0.3) is 0 Å². The van der Waals surface area contributed by atoms with Crippen molar-refractivity contribution in [2.24, 2.45) is 0 Å². The van der Waals surface area contributed by atoms with Gasteiger partial charge in [0.15, 0.2) is 0 Å². The van der Waals surface area contributed by atoms with Gasteiger partial charge < -0.3 is 5.32 Å². The van der Waals surface area contributed by atoms with Crippen LogP contribution in [0.1, 0.15) is 79.5 Å². The van der Waals surface area contributed by atoms with Crippen LogP contribution in [0.4, 0.5) is 0 Å². The lowest BCUT2D eigenvalue weighted by Gasteiger charge is -2.32. The first kappa shape index (κ1) is 19.1. The summed E-state index contributed by atoms with van der Waals surface area (Å²) < 4.78 is 2.09. The predicted molar refractivity (Wildman–Crippen MR) is 109 cm³/mol. The van der Waals surface area contributed by atoms with Gasteiger partial charge in [-0.3, -0.25) is 19.4 Å². The molecule has 2 fully saturated rings. The summed E-state index contributed by atoms with van der Waals surface area (Å²) in [5, 5.41) is 7.84. The first-order valence-electron chi connectivity index (χ1n) is 10.6. The molecule has 0 spiro atoms. The number of carbonyl (C=O) groups excluding carboxylic acids is 1. The molecular weight excluding hydrogens is 350 g/mol. The summed E-state index contributed by atoms with van der Waals surface area (Å²) in [6, 6.07) is 4.69. The van der Waals surface area contributed by atoms with Crippen molar-refractivity contribution < 1.29 is 4.79 Å². The van der Waals surface area contributed by atoms with E-state index in [1.807, 2.05) is 18.5 Å². The molecule has 0 bridgehead atoms. The Bertz CT molecular complexity index is 791. The van der Waals surface area contributed by atoms with E-state index in [4.69, 9.17) is 0 Å². The fourth-order valence-corrected chi connectivity index (χ4v) is 4.08. The number of hydrogen-bond donors (Lipinski definition) is 1. The molecule has 1 aliphatic heterocycles. The number of carbonyl (C=O) groups is 1. The third kappa shape index (κ3) is 4.27. The van der Waals surface area contributed by atoms with Crippen LogP contribution in [-0.4, -0.2) is 44.7 Å². The van der Waals surface area contributed by atoms with E-state index >= 15 is 0 Å². The smallest absolute Gasteiger partial charge is 0.254 e. The molecule has 1 amide bonds. The van der Waals surface area contributed by atoms with E-state index in [-0.39, 0.29) is 11.9 Å². The summed E-state index contributed by atoms with van der Waals surface area (Å²) in [4.78, 5) is 19.6. The number of hydrogen-bond acceptors (Lipinski definition) is 4. The van der Waals surface area contributed by atoms with Crippen LogP contribution >= 0.6 is 0 Å². The van der Waals surface area contributed by atoms with Gasteiger partial charge in [0.25, 0.3) is 5.91 Å². The lowest BCUT2D eigenvalue weighted by Crippen LogP contribution is -2.44. The summed E-state index contributed by atoms with van der Waals surface area (Å²) in [6.45, 7) is 7.28. The minimum atomic E-state index is 0.0576. The van der Waals surface area contributed by atoms with Crippen LogP contribution < -0.4 is 5.32 Å². The molecule has 2 aromatic rings. The number of nitrogens with one attached hydrogen (secondary N) is 1. The molecule has 2 aliphatic rings. The molecule has 1 N–H and O–H groups in total. The van der Waals surface area contributed by atoms with Gasteiger partial charge in [-0.25, -0.2) is 0 Å². The number of pyridine rings is 1. The Hall–Kier alpha value is -2.21. The summed E-state index contributed by atoms with van der Waals surface area (Å²) in [5.41, 5.74) is 3.19. The van der Waals surface area contributed by atoms with Gasteiger partial charge in [0.2, 0.25) is 0 Å². The zero-order valence-corrected chi connectivity index (χ0v) is 17.0. The fraction of sp³-hybridized carbons (Fsp3) is 0.591. The second-order valence-electron chi connectivity index (χ2n) is 8.30. The average Bonchev–Trinajstić information content (AvgIpc) is 3.47. The van der Waals surface area contributed by atoms with Crippen LogP contribution in [0, 0.1) is 0 Å². The second kappa shape index (κ2) is 8.43. The third-order valence-corrected chi connectivity index (χ3v) is 6.10. The number of nitrogens with zero attached hydrogens (tertiary/aromatic N) is 4. The SMILES string of the molecule is CC[C@@H](C)n1ncc(C(=O)NC2CCN(Cc3cccnc3)CC2)c1C1CC1. The molecule has 2 aromatic heterocycles. The molecule has 28 heavy (non-hydrogen) atoms. The van der Waals surface area contributed by atoms with E-state index in [2.05, 4.69) is 44.9 Å². The molecule has 0 aromatic carbocycles. The van der Waals surface area contributed by atoms with E-state index < -0.39 is 0 Å². The topological polar surface area (TPSA) is 63.1 Å². The van der Waals surface area contributed by atoms with Crippen molar-refractivity contribution in [2.75, 3.05) is 13.1 Å². The van der Waals surface area contributed by atoms with Gasteiger partial charge in [0.1, 0.15) is 0 Å². The van der Waals surface area contributed by atoms with E-state index in [0.29, 0.717) is 12.0 Å². The van der Waals surface area contributed by atoms with Gasteiger partial charge in [0.05, 0.1) is 17.5 Å². The normalized spacial score (nSPS) is 19.5. The first-order chi connectivity index (χ1) is 13.7. The highest BCUT2D eigenvalue weighted by Crippen LogP contribution is 2.42. The summed E-state index contributed by atoms with van der Waals surface area (Å²) in [5.74, 6) is 0.570. The summed E-state index contributed by atoms with van der Waals surface area (Å²) >= 11 is 0. The number of rotatable bonds is 7. The standard InChI is InChI=1S/C22H31N5O/c1-3-16(2)27-21(18-6-7-18)20(14-24-27)22(28)25-19-8-11-26(12-9-19)15-17-5-4-10-23-13-17/h4-5,10,13-14,16,18-19H,3,6-9,11-12,15H2,1-2H3,(H,25,28)/t16-/m1/s1. The van der Waals surface area contributed by atoms with E-state index in [1.54, 1.807) is 6.20 Å². The van der Waals surface area contributed by atoms with Gasteiger partial charge in [0, 0.05) is 50.0 Å². The monoisotopic (exact) mass is 381 g/mol. The van der Waals surface area contributed by atoms with Crippen molar-refractivity contribution in [3.63, 3.8) is 0 Å². The van der Waals surface area contributed by atoms with Gasteiger partial charge in [-0.1, -0.05) is 13.0 Å². The number of amides is 1. The first-order valence-corrected chi connectivity index (χ1v) is 10.6. The van der Waals surface area contributed by atoms with Crippen LogP contribution in [0.2, 0.25) is 0 Å². The van der Waals surface area contributed by atoms with Crippen LogP contribution in [0.5, 0.6) is 0 Å². The van der Waals surface area contributed by atoms with Gasteiger partial charge in [-0.05, 0) is 50.7 Å². The molecule has 3 heterocycles. The molecule has 1 saturated heterocycles. The Morgan fingerprint density at radius 1 is 1.25 bits per heavy atom. The van der Waals surface area contributed by atoms with Crippen molar-refractivity contribution in [1.29, 1.82) is 0 Å². The molecular formula is C22H31N5O. The van der Waals surface area contributed by atoms with Crippen LogP contribution in [-0.2, 0) is 6.54 Å². The highest BCUT2D eigenvalue weighted by atomic mass is 16.1. The fourth-order valence-electron chi connectivity index (χ4n) is 4.08. The molecule has 4 rings (SSSR count). The van der Waals surface area contributed by atoms with Crippen molar-refractivity contribution in [2.45, 2.75) is 70.5 Å². The number of aromatic nitrogens is 3. The maximum atomic E-state index is 13.0. The molecule has 1 saturated carbocycles. The lowest BCUT2D eigenvalue weighted by atomic mass is 10.0. The zero-order valence-electron chi connectivity index (χ0n) is 17.0. The van der Waals surface area contributed by atoms with E-state index in [9.17, 15) is 4.79 Å². The Labute approximate surface area is 167 Å². The van der Waals surface area contributed by atoms with Crippen LogP contribution in [0.3, 0.4) is 0 Å². The van der Waals surface area contributed by atoms with Crippen LogP contribution in [0.15, 0.2) is 30.7 Å². The largest absolute Gasteiger partial charge is 0.349 e. The molecule has 1 aliphatic carbocycles. The Kier molecular flexibility index (Phi) is 5.76. The minimum absolute atomic E-state index is 0.0576. The molecule has 6 heteroatoms. The van der Waals surface area contributed by atoms with E-state index in [0.717, 1.165) is 50.2 Å². The summed E-state index contributed by atoms with van der Waals surface area (Å²) in [6.07, 6.45) is 10.9. The summed E-state index contributed by atoms with van der Waals surface area (Å²) in [7, 11) is 0. The van der Waals surface area contributed by atoms with E-state index in [1.165, 1.54) is 18.4 Å². The van der Waals surface area contributed by atoms with Gasteiger partial charge in [-0.2, -0.15) is 5.10 Å². The lowest BCUT2D eigenvalue weighted by molar-refractivity contribution is 0.0907. The minimum Gasteiger partial charge on any atom is -0.349 e. The molecule has 1 atom stereocenters. The predicted octanol–water partition coefficient (Wildman–Crippen LogP) is 3.52. The highest BCUT2D eigenvalue weighted by molar-refractivity contribution is 5.95. The molecule has 0 radical (unpaired) electrons. The van der Waals surface area contributed by atoms with Crippen molar-refractivity contribution in [1.82, 2.24) is 25.0 Å². The maximum Gasteiger partial charge on any atom is 0.254 e.